The largest absolute Gasteiger partial charge is 0.481 e. The SMILES string of the molecule is COc1ncccc1CNC(=O)C1CCC(CN)CC1. The molecule has 0 unspecified atom stereocenters. The molecule has 20 heavy (non-hydrogen) atoms. The minimum absolute atomic E-state index is 0.125. The standard InChI is InChI=1S/C15H23N3O2/c1-20-15-13(3-2-8-17-15)10-18-14(19)12-6-4-11(9-16)5-7-12/h2-3,8,11-12H,4-7,9-10,16H2,1H3,(H,18,19). The lowest BCUT2D eigenvalue weighted by Crippen LogP contribution is -2.34. The van der Waals surface area contributed by atoms with Gasteiger partial charge in [-0.2, -0.15) is 0 Å². The number of rotatable bonds is 5. The molecule has 0 saturated heterocycles. The Bertz CT molecular complexity index is 442. The summed E-state index contributed by atoms with van der Waals surface area (Å²) in [6, 6.07) is 3.76. The molecule has 1 aromatic rings. The normalized spacial score (nSPS) is 22.3. The van der Waals surface area contributed by atoms with Crippen molar-refractivity contribution in [2.24, 2.45) is 17.6 Å². The van der Waals surface area contributed by atoms with Crippen molar-refractivity contribution in [3.05, 3.63) is 23.9 Å². The molecule has 2 rings (SSSR count). The Labute approximate surface area is 119 Å². The third-order valence-corrected chi connectivity index (χ3v) is 4.05. The predicted octanol–water partition coefficient (Wildman–Crippen LogP) is 1.47. The Balaban J connectivity index is 1.83. The van der Waals surface area contributed by atoms with Gasteiger partial charge in [0.1, 0.15) is 0 Å². The highest BCUT2D eigenvalue weighted by Gasteiger charge is 2.25. The van der Waals surface area contributed by atoms with Gasteiger partial charge in [-0.1, -0.05) is 6.07 Å². The summed E-state index contributed by atoms with van der Waals surface area (Å²) in [6.07, 6.45) is 5.68. The summed E-state index contributed by atoms with van der Waals surface area (Å²) in [5.74, 6) is 1.42. The van der Waals surface area contributed by atoms with Crippen molar-refractivity contribution >= 4 is 5.91 Å². The monoisotopic (exact) mass is 277 g/mol. The molecule has 1 saturated carbocycles. The molecule has 3 N–H and O–H groups in total. The number of hydrogen-bond acceptors (Lipinski definition) is 4. The molecule has 0 aliphatic heterocycles. The molecule has 0 radical (unpaired) electrons. The maximum Gasteiger partial charge on any atom is 0.223 e. The molecule has 5 heteroatoms. The molecule has 0 bridgehead atoms. The Kier molecular flexibility index (Phi) is 5.35. The predicted molar refractivity (Wildman–Crippen MR) is 77.1 cm³/mol. The van der Waals surface area contributed by atoms with Crippen molar-refractivity contribution in [1.29, 1.82) is 0 Å². The molecule has 5 nitrogen and oxygen atoms in total. The van der Waals surface area contributed by atoms with Crippen molar-refractivity contribution in [1.82, 2.24) is 10.3 Å². The Morgan fingerprint density at radius 1 is 1.45 bits per heavy atom. The van der Waals surface area contributed by atoms with Crippen molar-refractivity contribution in [2.75, 3.05) is 13.7 Å². The molecule has 110 valence electrons. The van der Waals surface area contributed by atoms with Gasteiger partial charge in [0.25, 0.3) is 0 Å². The minimum Gasteiger partial charge on any atom is -0.481 e. The number of carbonyl (C=O) groups is 1. The van der Waals surface area contributed by atoms with Crippen LogP contribution in [0.3, 0.4) is 0 Å². The van der Waals surface area contributed by atoms with Crippen LogP contribution in [0.25, 0.3) is 0 Å². The zero-order valence-corrected chi connectivity index (χ0v) is 12.0. The van der Waals surface area contributed by atoms with Crippen molar-refractivity contribution in [3.63, 3.8) is 0 Å². The summed E-state index contributed by atoms with van der Waals surface area (Å²) < 4.78 is 5.18. The maximum atomic E-state index is 12.2. The van der Waals surface area contributed by atoms with Crippen LogP contribution in [0.1, 0.15) is 31.2 Å². The van der Waals surface area contributed by atoms with Gasteiger partial charge in [0.2, 0.25) is 11.8 Å². The zero-order valence-electron chi connectivity index (χ0n) is 12.0. The number of nitrogens with two attached hydrogens (primary N) is 1. The second-order valence-corrected chi connectivity index (χ2v) is 5.34. The highest BCUT2D eigenvalue weighted by Crippen LogP contribution is 2.28. The Hall–Kier alpha value is -1.62. The molecule has 1 fully saturated rings. The van der Waals surface area contributed by atoms with Crippen LogP contribution >= 0.6 is 0 Å². The number of amides is 1. The van der Waals surface area contributed by atoms with E-state index in [9.17, 15) is 4.79 Å². The van der Waals surface area contributed by atoms with E-state index in [2.05, 4.69) is 10.3 Å². The fraction of sp³-hybridized carbons (Fsp3) is 0.600. The van der Waals surface area contributed by atoms with E-state index in [1.54, 1.807) is 13.3 Å². The molecule has 1 heterocycles. The van der Waals surface area contributed by atoms with Gasteiger partial charge in [0.05, 0.1) is 7.11 Å². The van der Waals surface area contributed by atoms with Crippen LogP contribution in [0, 0.1) is 11.8 Å². The van der Waals surface area contributed by atoms with Crippen molar-refractivity contribution < 1.29 is 9.53 Å². The third-order valence-electron chi connectivity index (χ3n) is 4.05. The zero-order chi connectivity index (χ0) is 14.4. The van der Waals surface area contributed by atoms with E-state index in [-0.39, 0.29) is 11.8 Å². The van der Waals surface area contributed by atoms with E-state index in [4.69, 9.17) is 10.5 Å². The van der Waals surface area contributed by atoms with Crippen LogP contribution in [0.15, 0.2) is 18.3 Å². The fourth-order valence-corrected chi connectivity index (χ4v) is 2.73. The molecule has 0 spiro atoms. The Morgan fingerprint density at radius 3 is 2.85 bits per heavy atom. The van der Waals surface area contributed by atoms with E-state index >= 15 is 0 Å². The summed E-state index contributed by atoms with van der Waals surface area (Å²) >= 11 is 0. The molecule has 1 aliphatic carbocycles. The van der Waals surface area contributed by atoms with E-state index < -0.39 is 0 Å². The molecular weight excluding hydrogens is 254 g/mol. The first-order valence-corrected chi connectivity index (χ1v) is 7.20. The molecule has 1 aliphatic rings. The van der Waals surface area contributed by atoms with Crippen molar-refractivity contribution in [2.45, 2.75) is 32.2 Å². The van der Waals surface area contributed by atoms with Gasteiger partial charge in [-0.15, -0.1) is 0 Å². The van der Waals surface area contributed by atoms with Gasteiger partial charge < -0.3 is 15.8 Å². The van der Waals surface area contributed by atoms with E-state index in [1.165, 1.54) is 0 Å². The van der Waals surface area contributed by atoms with Gasteiger partial charge in [0.15, 0.2) is 0 Å². The van der Waals surface area contributed by atoms with Crippen LogP contribution in [0.5, 0.6) is 5.88 Å². The number of hydrogen-bond donors (Lipinski definition) is 2. The highest BCUT2D eigenvalue weighted by molar-refractivity contribution is 5.78. The summed E-state index contributed by atoms with van der Waals surface area (Å²) in [4.78, 5) is 16.3. The van der Waals surface area contributed by atoms with E-state index in [0.29, 0.717) is 18.3 Å². The lowest BCUT2D eigenvalue weighted by molar-refractivity contribution is -0.126. The van der Waals surface area contributed by atoms with Gasteiger partial charge in [0, 0.05) is 24.2 Å². The number of aromatic nitrogens is 1. The van der Waals surface area contributed by atoms with Gasteiger partial charge >= 0.3 is 0 Å². The summed E-state index contributed by atoms with van der Waals surface area (Å²) in [5, 5.41) is 2.99. The smallest absolute Gasteiger partial charge is 0.223 e. The number of methoxy groups -OCH3 is 1. The van der Waals surface area contributed by atoms with E-state index in [0.717, 1.165) is 37.8 Å². The first-order chi connectivity index (χ1) is 9.74. The first-order valence-electron chi connectivity index (χ1n) is 7.20. The average molecular weight is 277 g/mol. The Morgan fingerprint density at radius 2 is 2.20 bits per heavy atom. The first kappa shape index (κ1) is 14.8. The molecule has 1 amide bonds. The molecule has 0 atom stereocenters. The van der Waals surface area contributed by atoms with E-state index in [1.807, 2.05) is 12.1 Å². The topological polar surface area (TPSA) is 77.2 Å². The minimum atomic E-state index is 0.125. The summed E-state index contributed by atoms with van der Waals surface area (Å²) in [6.45, 7) is 1.20. The lowest BCUT2D eigenvalue weighted by Gasteiger charge is -2.26. The quantitative estimate of drug-likeness (QED) is 0.854. The maximum absolute atomic E-state index is 12.2. The van der Waals surface area contributed by atoms with Crippen LogP contribution in [-0.4, -0.2) is 24.5 Å². The van der Waals surface area contributed by atoms with Crippen molar-refractivity contribution in [3.8, 4) is 5.88 Å². The van der Waals surface area contributed by atoms with Gasteiger partial charge in [-0.05, 0) is 44.2 Å². The van der Waals surface area contributed by atoms with Crippen LogP contribution in [-0.2, 0) is 11.3 Å². The average Bonchev–Trinajstić information content (AvgIpc) is 2.53. The second kappa shape index (κ2) is 7.24. The van der Waals surface area contributed by atoms with Gasteiger partial charge in [-0.25, -0.2) is 4.98 Å². The number of ether oxygens (including phenoxy) is 1. The third kappa shape index (κ3) is 3.70. The lowest BCUT2D eigenvalue weighted by atomic mass is 9.81. The molecule has 0 aromatic carbocycles. The van der Waals surface area contributed by atoms with Crippen LogP contribution in [0.2, 0.25) is 0 Å². The highest BCUT2D eigenvalue weighted by atomic mass is 16.5. The van der Waals surface area contributed by atoms with Crippen LogP contribution < -0.4 is 15.8 Å². The van der Waals surface area contributed by atoms with Gasteiger partial charge in [-0.3, -0.25) is 4.79 Å². The fourth-order valence-electron chi connectivity index (χ4n) is 2.73. The number of pyridine rings is 1. The summed E-state index contributed by atoms with van der Waals surface area (Å²) in [5.41, 5.74) is 6.57. The number of carbonyl (C=O) groups excluding carboxylic acids is 1. The number of nitrogens with one attached hydrogen (secondary N) is 1. The molecular formula is C15H23N3O2. The van der Waals surface area contributed by atoms with Crippen LogP contribution in [0.4, 0.5) is 0 Å². The number of nitrogens with zero attached hydrogens (tertiary/aromatic N) is 1. The molecule has 1 aromatic heterocycles. The summed E-state index contributed by atoms with van der Waals surface area (Å²) in [7, 11) is 1.59. The second-order valence-electron chi connectivity index (χ2n) is 5.34.